The lowest BCUT2D eigenvalue weighted by Crippen LogP contribution is -2.28. The zero-order valence-corrected chi connectivity index (χ0v) is 12.9. The molecule has 2 rings (SSSR count). The number of amides is 1. The number of hydrogen-bond acceptors (Lipinski definition) is 3. The second kappa shape index (κ2) is 7.29. The van der Waals surface area contributed by atoms with Crippen LogP contribution in [0, 0.1) is 0 Å². The lowest BCUT2D eigenvalue weighted by atomic mass is 10.2. The van der Waals surface area contributed by atoms with E-state index < -0.39 is 17.6 Å². The molecule has 0 radical (unpaired) electrons. The van der Waals surface area contributed by atoms with Crippen LogP contribution < -0.4 is 10.9 Å². The molecule has 8 heteroatoms. The maximum Gasteiger partial charge on any atom is 0.416 e. The van der Waals surface area contributed by atoms with E-state index in [0.29, 0.717) is 12.1 Å². The van der Waals surface area contributed by atoms with Crippen LogP contribution in [0.3, 0.4) is 0 Å². The molecular formula is C16H16F3N3O2. The van der Waals surface area contributed by atoms with Crippen molar-refractivity contribution in [2.45, 2.75) is 32.5 Å². The zero-order chi connectivity index (χ0) is 17.7. The van der Waals surface area contributed by atoms with Gasteiger partial charge in [-0.05, 0) is 24.6 Å². The van der Waals surface area contributed by atoms with Crippen LogP contribution in [0.1, 0.15) is 24.6 Å². The van der Waals surface area contributed by atoms with Crippen LogP contribution in [-0.4, -0.2) is 15.5 Å². The van der Waals surface area contributed by atoms with Crippen LogP contribution in [-0.2, 0) is 23.9 Å². The summed E-state index contributed by atoms with van der Waals surface area (Å²) >= 11 is 0. The normalized spacial score (nSPS) is 11.3. The third-order valence-corrected chi connectivity index (χ3v) is 3.23. The Kier molecular flexibility index (Phi) is 5.38. The van der Waals surface area contributed by atoms with Crippen molar-refractivity contribution < 1.29 is 18.0 Å². The van der Waals surface area contributed by atoms with E-state index in [1.807, 2.05) is 6.92 Å². The molecule has 1 N–H and O–H groups in total. The van der Waals surface area contributed by atoms with Gasteiger partial charge in [-0.15, -0.1) is 0 Å². The van der Waals surface area contributed by atoms with Gasteiger partial charge in [-0.2, -0.15) is 13.2 Å². The molecule has 2 aromatic rings. The minimum Gasteiger partial charge on any atom is -0.325 e. The molecule has 0 saturated heterocycles. The molecule has 0 unspecified atom stereocenters. The van der Waals surface area contributed by atoms with E-state index in [2.05, 4.69) is 10.3 Å². The Morgan fingerprint density at radius 1 is 1.29 bits per heavy atom. The average molecular weight is 339 g/mol. The van der Waals surface area contributed by atoms with Crippen molar-refractivity contribution in [2.75, 3.05) is 5.32 Å². The van der Waals surface area contributed by atoms with Gasteiger partial charge in [0.25, 0.3) is 5.56 Å². The molecule has 0 saturated carbocycles. The Morgan fingerprint density at radius 3 is 2.67 bits per heavy atom. The molecule has 0 aliphatic rings. The molecule has 0 bridgehead atoms. The monoisotopic (exact) mass is 339 g/mol. The molecule has 1 amide bonds. The van der Waals surface area contributed by atoms with Crippen molar-refractivity contribution in [3.8, 4) is 0 Å². The van der Waals surface area contributed by atoms with E-state index in [-0.39, 0.29) is 17.8 Å². The first-order valence-electron chi connectivity index (χ1n) is 7.32. The van der Waals surface area contributed by atoms with Crippen LogP contribution in [0.15, 0.2) is 41.5 Å². The van der Waals surface area contributed by atoms with E-state index >= 15 is 0 Å². The van der Waals surface area contributed by atoms with Gasteiger partial charge in [0, 0.05) is 17.4 Å². The van der Waals surface area contributed by atoms with Gasteiger partial charge < -0.3 is 5.32 Å². The predicted octanol–water partition coefficient (Wildman–Crippen LogP) is 2.85. The van der Waals surface area contributed by atoms with Gasteiger partial charge in [0.15, 0.2) is 0 Å². The molecule has 0 atom stereocenters. The highest BCUT2D eigenvalue weighted by atomic mass is 19.4. The summed E-state index contributed by atoms with van der Waals surface area (Å²) < 4.78 is 39.0. The third kappa shape index (κ3) is 4.68. The van der Waals surface area contributed by atoms with Gasteiger partial charge in [-0.1, -0.05) is 19.4 Å². The van der Waals surface area contributed by atoms with E-state index in [4.69, 9.17) is 0 Å². The molecule has 128 valence electrons. The van der Waals surface area contributed by atoms with Crippen molar-refractivity contribution in [1.82, 2.24) is 9.55 Å². The minimum atomic E-state index is -4.49. The Morgan fingerprint density at radius 2 is 2.04 bits per heavy atom. The number of rotatable bonds is 5. The van der Waals surface area contributed by atoms with Gasteiger partial charge in [0.05, 0.1) is 11.9 Å². The highest BCUT2D eigenvalue weighted by molar-refractivity contribution is 5.90. The lowest BCUT2D eigenvalue weighted by Gasteiger charge is -2.10. The number of anilines is 1. The van der Waals surface area contributed by atoms with E-state index in [1.165, 1.54) is 24.5 Å². The molecule has 0 aliphatic carbocycles. The number of hydrogen-bond donors (Lipinski definition) is 1. The molecule has 0 fully saturated rings. The van der Waals surface area contributed by atoms with Crippen LogP contribution >= 0.6 is 0 Å². The van der Waals surface area contributed by atoms with Crippen molar-refractivity contribution in [3.63, 3.8) is 0 Å². The molecule has 1 aromatic carbocycles. The Labute approximate surface area is 136 Å². The second-order valence-corrected chi connectivity index (χ2v) is 5.22. The number of alkyl halides is 3. The zero-order valence-electron chi connectivity index (χ0n) is 12.9. The fourth-order valence-corrected chi connectivity index (χ4v) is 2.10. The first-order chi connectivity index (χ1) is 11.3. The number of carbonyl (C=O) groups excluding carboxylic acids is 1. The number of aromatic nitrogens is 2. The molecule has 5 nitrogen and oxygen atoms in total. The van der Waals surface area contributed by atoms with Crippen molar-refractivity contribution >= 4 is 11.6 Å². The molecular weight excluding hydrogens is 323 g/mol. The van der Waals surface area contributed by atoms with Crippen molar-refractivity contribution in [3.05, 3.63) is 58.3 Å². The standard InChI is InChI=1S/C16H16F3N3O2/c1-2-4-12-8-15(24)22(10-20-12)9-14(23)21-13-6-3-5-11(7-13)16(17,18)19/h3,5-8,10H,2,4,9H2,1H3,(H,21,23). The van der Waals surface area contributed by atoms with Crippen LogP contribution in [0.25, 0.3) is 0 Å². The van der Waals surface area contributed by atoms with Gasteiger partial charge >= 0.3 is 6.18 Å². The Balaban J connectivity index is 2.07. The largest absolute Gasteiger partial charge is 0.416 e. The van der Waals surface area contributed by atoms with Crippen molar-refractivity contribution in [2.24, 2.45) is 0 Å². The average Bonchev–Trinajstić information content (AvgIpc) is 2.50. The highest BCUT2D eigenvalue weighted by Crippen LogP contribution is 2.30. The first-order valence-corrected chi connectivity index (χ1v) is 7.32. The molecule has 0 spiro atoms. The summed E-state index contributed by atoms with van der Waals surface area (Å²) in [6.45, 7) is 1.63. The van der Waals surface area contributed by atoms with Gasteiger partial charge in [-0.3, -0.25) is 14.2 Å². The minimum absolute atomic E-state index is 0.0124. The van der Waals surface area contributed by atoms with Crippen molar-refractivity contribution in [1.29, 1.82) is 0 Å². The van der Waals surface area contributed by atoms with E-state index in [1.54, 1.807) is 0 Å². The molecule has 0 aliphatic heterocycles. The number of halogens is 3. The number of benzene rings is 1. The summed E-state index contributed by atoms with van der Waals surface area (Å²) in [6, 6.07) is 5.64. The highest BCUT2D eigenvalue weighted by Gasteiger charge is 2.30. The summed E-state index contributed by atoms with van der Waals surface area (Å²) in [5, 5.41) is 2.34. The second-order valence-electron chi connectivity index (χ2n) is 5.22. The van der Waals surface area contributed by atoms with Gasteiger partial charge in [-0.25, -0.2) is 4.98 Å². The Bertz CT molecular complexity index is 785. The van der Waals surface area contributed by atoms with Crippen LogP contribution in [0.4, 0.5) is 18.9 Å². The van der Waals surface area contributed by atoms with E-state index in [0.717, 1.165) is 23.1 Å². The lowest BCUT2D eigenvalue weighted by molar-refractivity contribution is -0.137. The third-order valence-electron chi connectivity index (χ3n) is 3.23. The van der Waals surface area contributed by atoms with Gasteiger partial charge in [0.1, 0.15) is 6.54 Å². The summed E-state index contributed by atoms with van der Waals surface area (Å²) in [7, 11) is 0. The summed E-state index contributed by atoms with van der Waals surface area (Å²) in [5.74, 6) is -0.610. The van der Waals surface area contributed by atoms with Gasteiger partial charge in [0.2, 0.25) is 5.91 Å². The maximum atomic E-state index is 12.6. The SMILES string of the molecule is CCCc1cc(=O)n(CC(=O)Nc2cccc(C(F)(F)F)c2)cn1. The quantitative estimate of drug-likeness (QED) is 0.911. The maximum absolute atomic E-state index is 12.6. The first kappa shape index (κ1) is 17.7. The molecule has 24 heavy (non-hydrogen) atoms. The summed E-state index contributed by atoms with van der Waals surface area (Å²) in [6.07, 6.45) is -1.73. The smallest absolute Gasteiger partial charge is 0.325 e. The topological polar surface area (TPSA) is 64.0 Å². The summed E-state index contributed by atoms with van der Waals surface area (Å²) in [4.78, 5) is 27.9. The number of carbonyl (C=O) groups is 1. The van der Waals surface area contributed by atoms with Crippen LogP contribution in [0.5, 0.6) is 0 Å². The Hall–Kier alpha value is -2.64. The summed E-state index contributed by atoms with van der Waals surface area (Å²) in [5.41, 5.74) is -0.592. The number of nitrogens with zero attached hydrogens (tertiary/aromatic N) is 2. The molecule has 1 aromatic heterocycles. The van der Waals surface area contributed by atoms with E-state index in [9.17, 15) is 22.8 Å². The fraction of sp³-hybridized carbons (Fsp3) is 0.312. The number of nitrogens with one attached hydrogen (secondary N) is 1. The van der Waals surface area contributed by atoms with Crippen LogP contribution in [0.2, 0.25) is 0 Å². The predicted molar refractivity (Wildman–Crippen MR) is 82.6 cm³/mol. The molecule has 1 heterocycles. The number of aryl methyl sites for hydroxylation is 1. The fourth-order valence-electron chi connectivity index (χ4n) is 2.10.